The Labute approximate surface area is 90.5 Å². The molecule has 0 saturated heterocycles. The second-order valence-corrected chi connectivity index (χ2v) is 3.76. The SMILES string of the molecule is Cc1nc([Si])c(C)c(C)c1C#CBr. The van der Waals surface area contributed by atoms with Crippen molar-refractivity contribution >= 4 is 31.5 Å². The lowest BCUT2D eigenvalue weighted by molar-refractivity contribution is 1.16. The molecule has 0 bridgehead atoms. The van der Waals surface area contributed by atoms with Gasteiger partial charge in [-0.25, -0.2) is 0 Å². The van der Waals surface area contributed by atoms with Gasteiger partial charge in [0.1, 0.15) is 0 Å². The second-order valence-electron chi connectivity index (χ2n) is 2.89. The molecule has 0 spiro atoms. The summed E-state index contributed by atoms with van der Waals surface area (Å²) in [5, 5.41) is 0.898. The Bertz CT molecular complexity index is 402. The van der Waals surface area contributed by atoms with E-state index in [-0.39, 0.29) is 0 Å². The number of aromatic nitrogens is 1. The van der Waals surface area contributed by atoms with Crippen molar-refractivity contribution in [2.45, 2.75) is 20.8 Å². The molecule has 13 heavy (non-hydrogen) atoms. The summed E-state index contributed by atoms with van der Waals surface area (Å²) in [5.41, 5.74) is 4.30. The van der Waals surface area contributed by atoms with E-state index in [1.54, 1.807) is 0 Å². The van der Waals surface area contributed by atoms with Crippen molar-refractivity contribution in [2.75, 3.05) is 0 Å². The molecule has 0 aliphatic rings. The van der Waals surface area contributed by atoms with Crippen LogP contribution < -0.4 is 5.32 Å². The van der Waals surface area contributed by atoms with Gasteiger partial charge in [-0.15, -0.1) is 0 Å². The van der Waals surface area contributed by atoms with Gasteiger partial charge in [0.25, 0.3) is 0 Å². The molecule has 3 radical (unpaired) electrons. The van der Waals surface area contributed by atoms with Crippen LogP contribution in [0.1, 0.15) is 22.4 Å². The molecule has 0 N–H and O–H groups in total. The highest BCUT2D eigenvalue weighted by Gasteiger charge is 2.06. The van der Waals surface area contributed by atoms with Crippen molar-refractivity contribution in [1.82, 2.24) is 4.98 Å². The van der Waals surface area contributed by atoms with Gasteiger partial charge in [0.15, 0.2) is 0 Å². The highest BCUT2D eigenvalue weighted by atomic mass is 79.9. The molecule has 0 atom stereocenters. The molecule has 1 aromatic heterocycles. The third kappa shape index (κ3) is 2.01. The van der Waals surface area contributed by atoms with Gasteiger partial charge in [0.2, 0.25) is 0 Å². The predicted octanol–water partition coefficient (Wildman–Crippen LogP) is 1.50. The van der Waals surface area contributed by atoms with Crippen molar-refractivity contribution in [3.63, 3.8) is 0 Å². The minimum Gasteiger partial charge on any atom is -0.262 e. The van der Waals surface area contributed by atoms with Gasteiger partial charge in [-0.2, -0.15) is 0 Å². The molecule has 1 aromatic rings. The third-order valence-electron chi connectivity index (χ3n) is 2.11. The molecule has 0 amide bonds. The Kier molecular flexibility index (Phi) is 3.29. The maximum atomic E-state index is 4.34. The second kappa shape index (κ2) is 4.08. The Balaban J connectivity index is 3.49. The molecule has 0 aliphatic heterocycles. The molecule has 1 heterocycles. The van der Waals surface area contributed by atoms with Gasteiger partial charge in [-0.3, -0.25) is 4.98 Å². The summed E-state index contributed by atoms with van der Waals surface area (Å²) in [6.45, 7) is 6.05. The smallest absolute Gasteiger partial charge is 0.0999 e. The van der Waals surface area contributed by atoms with Gasteiger partial charge in [0, 0.05) is 26.8 Å². The zero-order chi connectivity index (χ0) is 10.0. The number of rotatable bonds is 0. The van der Waals surface area contributed by atoms with Crippen LogP contribution in [0.25, 0.3) is 0 Å². The molecule has 0 unspecified atom stereocenters. The molecular formula is C10H9BrNSi. The van der Waals surface area contributed by atoms with Crippen molar-refractivity contribution in [1.29, 1.82) is 0 Å². The monoisotopic (exact) mass is 250 g/mol. The lowest BCUT2D eigenvalue weighted by Gasteiger charge is -2.08. The molecule has 0 aliphatic carbocycles. The molecule has 0 saturated carbocycles. The molecule has 3 heteroatoms. The van der Waals surface area contributed by atoms with Crippen LogP contribution in [0.15, 0.2) is 0 Å². The van der Waals surface area contributed by atoms with E-state index < -0.39 is 0 Å². The zero-order valence-corrected chi connectivity index (χ0v) is 10.4. The number of aryl methyl sites for hydroxylation is 1. The van der Waals surface area contributed by atoms with Crippen LogP contribution in [0.5, 0.6) is 0 Å². The number of hydrogen-bond acceptors (Lipinski definition) is 1. The van der Waals surface area contributed by atoms with E-state index in [0.717, 1.165) is 22.1 Å². The maximum absolute atomic E-state index is 4.34. The minimum absolute atomic E-state index is 0.898. The quantitative estimate of drug-likeness (QED) is 0.503. The summed E-state index contributed by atoms with van der Waals surface area (Å²) in [5.74, 6) is 2.99. The van der Waals surface area contributed by atoms with E-state index in [1.807, 2.05) is 13.8 Å². The zero-order valence-electron chi connectivity index (χ0n) is 7.83. The highest BCUT2D eigenvalue weighted by Crippen LogP contribution is 2.12. The Hall–Kier alpha value is -0.593. The first-order valence-corrected chi connectivity index (χ1v) is 5.18. The lowest BCUT2D eigenvalue weighted by atomic mass is 10.0. The first kappa shape index (κ1) is 10.5. The third-order valence-corrected chi connectivity index (χ3v) is 2.79. The van der Waals surface area contributed by atoms with Gasteiger partial charge in [-0.05, 0) is 36.7 Å². The Morgan fingerprint density at radius 3 is 2.38 bits per heavy atom. The van der Waals surface area contributed by atoms with Crippen LogP contribution >= 0.6 is 15.9 Å². The van der Waals surface area contributed by atoms with Crippen molar-refractivity contribution in [3.8, 4) is 10.8 Å². The number of pyridine rings is 1. The summed E-state index contributed by atoms with van der Waals surface area (Å²) in [4.78, 5) is 7.06. The summed E-state index contributed by atoms with van der Waals surface area (Å²) < 4.78 is 0. The van der Waals surface area contributed by atoms with E-state index in [2.05, 4.69) is 48.8 Å². The topological polar surface area (TPSA) is 12.9 Å². The Morgan fingerprint density at radius 2 is 1.85 bits per heavy atom. The summed E-state index contributed by atoms with van der Waals surface area (Å²) >= 11 is 3.10. The summed E-state index contributed by atoms with van der Waals surface area (Å²) in [7, 11) is 3.46. The Morgan fingerprint density at radius 1 is 1.23 bits per heavy atom. The minimum atomic E-state index is 0.898. The molecule has 65 valence electrons. The molecular weight excluding hydrogens is 242 g/mol. The molecule has 0 fully saturated rings. The van der Waals surface area contributed by atoms with Gasteiger partial charge in [0.05, 0.1) is 15.9 Å². The van der Waals surface area contributed by atoms with Gasteiger partial charge in [-0.1, -0.05) is 5.92 Å². The van der Waals surface area contributed by atoms with Crippen LogP contribution in [0.3, 0.4) is 0 Å². The maximum Gasteiger partial charge on any atom is 0.0999 e. The van der Waals surface area contributed by atoms with Gasteiger partial charge >= 0.3 is 0 Å². The summed E-state index contributed by atoms with van der Waals surface area (Å²) in [6.07, 6.45) is 0. The predicted molar refractivity (Wildman–Crippen MR) is 59.6 cm³/mol. The normalized spacial score (nSPS) is 9.31. The fraction of sp³-hybridized carbons (Fsp3) is 0.300. The molecule has 1 nitrogen and oxygen atoms in total. The first-order chi connectivity index (χ1) is 6.07. The first-order valence-electron chi connectivity index (χ1n) is 3.89. The largest absolute Gasteiger partial charge is 0.262 e. The van der Waals surface area contributed by atoms with E-state index in [4.69, 9.17) is 0 Å². The highest BCUT2D eigenvalue weighted by molar-refractivity contribution is 9.12. The standard InChI is InChI=1S/C10H9BrNSi/c1-6-7(2)10(13)12-8(3)9(6)4-5-11/h1-3H3. The summed E-state index contributed by atoms with van der Waals surface area (Å²) in [6, 6.07) is 0. The van der Waals surface area contributed by atoms with Crippen LogP contribution in [0.4, 0.5) is 0 Å². The molecule has 0 aromatic carbocycles. The fourth-order valence-electron chi connectivity index (χ4n) is 1.18. The van der Waals surface area contributed by atoms with Crippen LogP contribution in [0, 0.1) is 31.5 Å². The number of halogens is 1. The average Bonchev–Trinajstić information content (AvgIpc) is 2.09. The van der Waals surface area contributed by atoms with Gasteiger partial charge < -0.3 is 0 Å². The fourth-order valence-corrected chi connectivity index (χ4v) is 1.73. The molecule has 1 rings (SSSR count). The van der Waals surface area contributed by atoms with E-state index in [0.29, 0.717) is 0 Å². The van der Waals surface area contributed by atoms with Crippen molar-refractivity contribution in [2.24, 2.45) is 0 Å². The van der Waals surface area contributed by atoms with Crippen molar-refractivity contribution < 1.29 is 0 Å². The van der Waals surface area contributed by atoms with Crippen LogP contribution in [-0.2, 0) is 0 Å². The van der Waals surface area contributed by atoms with E-state index >= 15 is 0 Å². The van der Waals surface area contributed by atoms with Crippen LogP contribution in [-0.4, -0.2) is 15.2 Å². The van der Waals surface area contributed by atoms with Crippen molar-refractivity contribution in [3.05, 3.63) is 22.4 Å². The number of hydrogen-bond donors (Lipinski definition) is 0. The lowest BCUT2D eigenvalue weighted by Crippen LogP contribution is -2.17. The number of nitrogens with zero attached hydrogens (tertiary/aromatic N) is 1. The average molecular weight is 251 g/mol. The van der Waals surface area contributed by atoms with Crippen LogP contribution in [0.2, 0.25) is 0 Å². The van der Waals surface area contributed by atoms with E-state index in [1.165, 1.54) is 5.56 Å². The van der Waals surface area contributed by atoms with E-state index in [9.17, 15) is 0 Å².